The summed E-state index contributed by atoms with van der Waals surface area (Å²) in [4.78, 5) is 11.9. The summed E-state index contributed by atoms with van der Waals surface area (Å²) in [6.07, 6.45) is 1.86. The predicted molar refractivity (Wildman–Crippen MR) is 75.4 cm³/mol. The molecule has 0 radical (unpaired) electrons. The number of nitrogens with one attached hydrogen (secondary N) is 1. The number of hydrogen-bond acceptors (Lipinski definition) is 2. The van der Waals surface area contributed by atoms with Crippen molar-refractivity contribution in [2.24, 2.45) is 5.92 Å². The van der Waals surface area contributed by atoms with E-state index in [0.717, 1.165) is 23.1 Å². The Morgan fingerprint density at radius 1 is 1.41 bits per heavy atom. The standard InChI is InChI=1S/C13H21BrN2O/c1-9(2)15-6-10(3)7-16-8-12(14)5-11(4)13(16)17/h5,8-10,15H,6-7H2,1-4H3. The van der Waals surface area contributed by atoms with Gasteiger partial charge in [-0.05, 0) is 41.4 Å². The summed E-state index contributed by atoms with van der Waals surface area (Å²) in [5, 5.41) is 3.39. The number of hydrogen-bond donors (Lipinski definition) is 1. The first-order valence-corrected chi connectivity index (χ1v) is 6.79. The van der Waals surface area contributed by atoms with Crippen molar-refractivity contribution in [1.82, 2.24) is 9.88 Å². The molecule has 1 atom stereocenters. The topological polar surface area (TPSA) is 34.0 Å². The van der Waals surface area contributed by atoms with Gasteiger partial charge in [0.1, 0.15) is 0 Å². The summed E-state index contributed by atoms with van der Waals surface area (Å²) in [5.41, 5.74) is 0.882. The third-order valence-electron chi connectivity index (χ3n) is 2.61. The Kier molecular flexibility index (Phi) is 5.40. The van der Waals surface area contributed by atoms with Gasteiger partial charge in [0.2, 0.25) is 0 Å². The fourth-order valence-electron chi connectivity index (χ4n) is 1.71. The van der Waals surface area contributed by atoms with E-state index in [1.807, 2.05) is 19.2 Å². The van der Waals surface area contributed by atoms with Gasteiger partial charge in [-0.1, -0.05) is 20.8 Å². The number of aryl methyl sites for hydroxylation is 1. The van der Waals surface area contributed by atoms with Crippen LogP contribution >= 0.6 is 15.9 Å². The molecule has 17 heavy (non-hydrogen) atoms. The van der Waals surface area contributed by atoms with Gasteiger partial charge in [-0.25, -0.2) is 0 Å². The van der Waals surface area contributed by atoms with Crippen LogP contribution in [0, 0.1) is 12.8 Å². The lowest BCUT2D eigenvalue weighted by atomic mass is 10.1. The first-order valence-electron chi connectivity index (χ1n) is 6.00. The molecule has 1 aromatic rings. The van der Waals surface area contributed by atoms with Crippen LogP contribution in [0.25, 0.3) is 0 Å². The first kappa shape index (κ1) is 14.5. The number of nitrogens with zero attached hydrogens (tertiary/aromatic N) is 1. The summed E-state index contributed by atoms with van der Waals surface area (Å²) < 4.78 is 2.74. The van der Waals surface area contributed by atoms with E-state index in [4.69, 9.17) is 0 Å². The molecule has 0 amide bonds. The predicted octanol–water partition coefficient (Wildman–Crippen LogP) is 2.55. The highest BCUT2D eigenvalue weighted by Gasteiger charge is 2.07. The van der Waals surface area contributed by atoms with Gasteiger partial charge in [-0.15, -0.1) is 0 Å². The Morgan fingerprint density at radius 3 is 2.65 bits per heavy atom. The smallest absolute Gasteiger partial charge is 0.253 e. The monoisotopic (exact) mass is 300 g/mol. The van der Waals surface area contributed by atoms with Crippen molar-refractivity contribution in [3.63, 3.8) is 0 Å². The second-order valence-corrected chi connectivity index (χ2v) is 5.88. The number of halogens is 1. The molecule has 0 bridgehead atoms. The zero-order valence-electron chi connectivity index (χ0n) is 11.0. The van der Waals surface area contributed by atoms with E-state index in [9.17, 15) is 4.79 Å². The molecule has 96 valence electrons. The van der Waals surface area contributed by atoms with Crippen molar-refractivity contribution in [3.8, 4) is 0 Å². The molecular weight excluding hydrogens is 280 g/mol. The Labute approximate surface area is 111 Å². The van der Waals surface area contributed by atoms with E-state index in [2.05, 4.69) is 42.0 Å². The van der Waals surface area contributed by atoms with E-state index in [0.29, 0.717) is 12.0 Å². The van der Waals surface area contributed by atoms with Crippen molar-refractivity contribution in [1.29, 1.82) is 0 Å². The van der Waals surface area contributed by atoms with E-state index in [1.165, 1.54) is 0 Å². The zero-order chi connectivity index (χ0) is 13.0. The molecule has 0 saturated carbocycles. The lowest BCUT2D eigenvalue weighted by Gasteiger charge is -2.16. The van der Waals surface area contributed by atoms with Gasteiger partial charge in [-0.3, -0.25) is 4.79 Å². The van der Waals surface area contributed by atoms with Crippen LogP contribution in [0.4, 0.5) is 0 Å². The maximum absolute atomic E-state index is 11.9. The van der Waals surface area contributed by atoms with E-state index >= 15 is 0 Å². The molecule has 4 heteroatoms. The van der Waals surface area contributed by atoms with E-state index in [-0.39, 0.29) is 5.56 Å². The molecule has 0 aliphatic heterocycles. The molecule has 3 nitrogen and oxygen atoms in total. The van der Waals surface area contributed by atoms with Crippen LogP contribution in [-0.4, -0.2) is 17.2 Å². The van der Waals surface area contributed by atoms with Crippen molar-refractivity contribution < 1.29 is 0 Å². The molecule has 1 heterocycles. The van der Waals surface area contributed by atoms with Crippen molar-refractivity contribution in [2.75, 3.05) is 6.54 Å². The summed E-state index contributed by atoms with van der Waals surface area (Å²) in [6, 6.07) is 2.34. The average molecular weight is 301 g/mol. The minimum Gasteiger partial charge on any atom is -0.314 e. The SMILES string of the molecule is Cc1cc(Br)cn(CC(C)CNC(C)C)c1=O. The molecule has 0 saturated heterocycles. The highest BCUT2D eigenvalue weighted by Crippen LogP contribution is 2.09. The van der Waals surface area contributed by atoms with Gasteiger partial charge in [0, 0.05) is 28.8 Å². The van der Waals surface area contributed by atoms with E-state index < -0.39 is 0 Å². The lowest BCUT2D eigenvalue weighted by Crippen LogP contribution is -2.32. The molecule has 0 spiro atoms. The molecule has 0 fully saturated rings. The van der Waals surface area contributed by atoms with Crippen LogP contribution in [0.2, 0.25) is 0 Å². The minimum atomic E-state index is 0.101. The van der Waals surface area contributed by atoms with Gasteiger partial charge >= 0.3 is 0 Å². The second-order valence-electron chi connectivity index (χ2n) is 4.97. The third kappa shape index (κ3) is 4.64. The Hall–Kier alpha value is -0.610. The Morgan fingerprint density at radius 2 is 2.06 bits per heavy atom. The minimum absolute atomic E-state index is 0.101. The largest absolute Gasteiger partial charge is 0.314 e. The quantitative estimate of drug-likeness (QED) is 0.907. The fraction of sp³-hybridized carbons (Fsp3) is 0.615. The molecule has 1 N–H and O–H groups in total. The maximum atomic E-state index is 11.9. The highest BCUT2D eigenvalue weighted by atomic mass is 79.9. The molecular formula is C13H21BrN2O. The summed E-state index contributed by atoms with van der Waals surface area (Å²) in [7, 11) is 0. The van der Waals surface area contributed by atoms with Gasteiger partial charge in [0.15, 0.2) is 0 Å². The number of pyridine rings is 1. The molecule has 1 unspecified atom stereocenters. The first-order chi connectivity index (χ1) is 7.90. The fourth-order valence-corrected chi connectivity index (χ4v) is 2.30. The normalized spacial score (nSPS) is 13.1. The van der Waals surface area contributed by atoms with Crippen molar-refractivity contribution in [3.05, 3.63) is 32.7 Å². The van der Waals surface area contributed by atoms with Crippen LogP contribution in [0.1, 0.15) is 26.3 Å². The maximum Gasteiger partial charge on any atom is 0.253 e. The Bertz CT molecular complexity index is 426. The van der Waals surface area contributed by atoms with Crippen molar-refractivity contribution >= 4 is 15.9 Å². The number of aromatic nitrogens is 1. The molecule has 1 aromatic heterocycles. The van der Waals surface area contributed by atoms with Crippen LogP contribution in [0.15, 0.2) is 21.5 Å². The molecule has 0 aliphatic rings. The third-order valence-corrected chi connectivity index (χ3v) is 3.05. The average Bonchev–Trinajstić information content (AvgIpc) is 2.22. The second kappa shape index (κ2) is 6.36. The summed E-state index contributed by atoms with van der Waals surface area (Å²) in [5.74, 6) is 0.434. The van der Waals surface area contributed by atoms with E-state index in [1.54, 1.807) is 4.57 Å². The van der Waals surface area contributed by atoms with Gasteiger partial charge < -0.3 is 9.88 Å². The zero-order valence-corrected chi connectivity index (χ0v) is 12.5. The highest BCUT2D eigenvalue weighted by molar-refractivity contribution is 9.10. The lowest BCUT2D eigenvalue weighted by molar-refractivity contribution is 0.419. The van der Waals surface area contributed by atoms with Gasteiger partial charge in [0.05, 0.1) is 0 Å². The van der Waals surface area contributed by atoms with Crippen LogP contribution in [0.3, 0.4) is 0 Å². The van der Waals surface area contributed by atoms with Crippen LogP contribution < -0.4 is 10.9 Å². The Balaban J connectivity index is 2.71. The molecule has 1 rings (SSSR count). The van der Waals surface area contributed by atoms with Gasteiger partial charge in [0.25, 0.3) is 5.56 Å². The molecule has 0 aromatic carbocycles. The molecule has 0 aliphatic carbocycles. The summed E-state index contributed by atoms with van der Waals surface area (Å²) >= 11 is 3.42. The van der Waals surface area contributed by atoms with Crippen LogP contribution in [-0.2, 0) is 6.54 Å². The van der Waals surface area contributed by atoms with Gasteiger partial charge in [-0.2, -0.15) is 0 Å². The number of rotatable bonds is 5. The van der Waals surface area contributed by atoms with Crippen LogP contribution in [0.5, 0.6) is 0 Å². The van der Waals surface area contributed by atoms with Crippen molar-refractivity contribution in [2.45, 2.75) is 40.3 Å². The summed E-state index contributed by atoms with van der Waals surface area (Å²) in [6.45, 7) is 9.93.